The topological polar surface area (TPSA) is 68.7 Å². The molecule has 0 unspecified atom stereocenters. The summed E-state index contributed by atoms with van der Waals surface area (Å²) in [6.45, 7) is 6.64. The van der Waals surface area contributed by atoms with Crippen LogP contribution < -0.4 is 10.2 Å². The number of hydrogen-bond acceptors (Lipinski definition) is 4. The van der Waals surface area contributed by atoms with Gasteiger partial charge in [0, 0.05) is 45.5 Å². The van der Waals surface area contributed by atoms with Crippen molar-refractivity contribution in [3.05, 3.63) is 23.9 Å². The van der Waals surface area contributed by atoms with Gasteiger partial charge in [-0.1, -0.05) is 13.0 Å². The van der Waals surface area contributed by atoms with Gasteiger partial charge < -0.3 is 20.2 Å². The molecule has 1 aromatic rings. The van der Waals surface area contributed by atoms with Crippen LogP contribution in [0.1, 0.15) is 38.2 Å². The highest BCUT2D eigenvalue weighted by Gasteiger charge is 2.22. The highest BCUT2D eigenvalue weighted by Crippen LogP contribution is 2.21. The molecule has 0 bridgehead atoms. The number of aliphatic hydroxyl groups excluding tert-OH is 1. The first-order valence-corrected chi connectivity index (χ1v) is 9.49. The molecule has 138 valence electrons. The normalized spacial score (nSPS) is 19.9. The molecule has 0 atom stereocenters. The minimum absolute atomic E-state index is 0.0227. The molecule has 2 fully saturated rings. The Morgan fingerprint density at radius 3 is 2.52 bits per heavy atom. The fourth-order valence-corrected chi connectivity index (χ4v) is 3.55. The van der Waals surface area contributed by atoms with Gasteiger partial charge >= 0.3 is 6.03 Å². The molecule has 6 nitrogen and oxygen atoms in total. The average molecular weight is 346 g/mol. The lowest BCUT2D eigenvalue weighted by molar-refractivity contribution is 0.137. The van der Waals surface area contributed by atoms with E-state index in [2.05, 4.69) is 34.3 Å². The molecule has 2 amide bonds. The van der Waals surface area contributed by atoms with Gasteiger partial charge in [0.25, 0.3) is 0 Å². The summed E-state index contributed by atoms with van der Waals surface area (Å²) < 4.78 is 0. The molecule has 0 spiro atoms. The number of anilines is 1. The number of pyridine rings is 1. The number of rotatable bonds is 4. The SMILES string of the molecule is CC1CCN(c2ccc(CNC(=O)N3CCC(CO)CC3)cn2)CC1. The third kappa shape index (κ3) is 4.84. The fraction of sp³-hybridized carbons (Fsp3) is 0.684. The van der Waals surface area contributed by atoms with Gasteiger partial charge in [-0.05, 0) is 49.1 Å². The molecule has 25 heavy (non-hydrogen) atoms. The van der Waals surface area contributed by atoms with Crippen LogP contribution in [0, 0.1) is 11.8 Å². The maximum absolute atomic E-state index is 12.2. The van der Waals surface area contributed by atoms with Gasteiger partial charge in [0.2, 0.25) is 0 Å². The monoisotopic (exact) mass is 346 g/mol. The van der Waals surface area contributed by atoms with Crippen molar-refractivity contribution in [2.24, 2.45) is 11.8 Å². The molecule has 3 rings (SSSR count). The van der Waals surface area contributed by atoms with E-state index in [0.717, 1.165) is 56.3 Å². The predicted molar refractivity (Wildman–Crippen MR) is 98.5 cm³/mol. The molecular formula is C19H30N4O2. The number of nitrogens with zero attached hydrogens (tertiary/aromatic N) is 3. The molecule has 6 heteroatoms. The quantitative estimate of drug-likeness (QED) is 0.877. The minimum atomic E-state index is -0.0227. The van der Waals surface area contributed by atoms with E-state index >= 15 is 0 Å². The average Bonchev–Trinajstić information content (AvgIpc) is 2.67. The van der Waals surface area contributed by atoms with Gasteiger partial charge in [-0.3, -0.25) is 0 Å². The molecule has 0 saturated carbocycles. The minimum Gasteiger partial charge on any atom is -0.396 e. The van der Waals surface area contributed by atoms with E-state index in [1.807, 2.05) is 11.1 Å². The first kappa shape index (κ1) is 18.0. The number of carbonyl (C=O) groups is 1. The number of urea groups is 1. The lowest BCUT2D eigenvalue weighted by atomic mass is 9.98. The van der Waals surface area contributed by atoms with Gasteiger partial charge in [-0.25, -0.2) is 9.78 Å². The smallest absolute Gasteiger partial charge is 0.317 e. The predicted octanol–water partition coefficient (Wildman–Crippen LogP) is 2.23. The number of carbonyl (C=O) groups excluding carboxylic acids is 1. The van der Waals surface area contributed by atoms with Gasteiger partial charge in [0.05, 0.1) is 0 Å². The van der Waals surface area contributed by atoms with Gasteiger partial charge in [0.15, 0.2) is 0 Å². The largest absolute Gasteiger partial charge is 0.396 e. The Morgan fingerprint density at radius 1 is 1.20 bits per heavy atom. The summed E-state index contributed by atoms with van der Waals surface area (Å²) in [5.41, 5.74) is 1.02. The van der Waals surface area contributed by atoms with Crippen molar-refractivity contribution in [2.75, 3.05) is 37.7 Å². The van der Waals surface area contributed by atoms with Crippen LogP contribution in [0.25, 0.3) is 0 Å². The highest BCUT2D eigenvalue weighted by molar-refractivity contribution is 5.74. The van der Waals surface area contributed by atoms with Crippen molar-refractivity contribution in [3.8, 4) is 0 Å². The zero-order valence-electron chi connectivity index (χ0n) is 15.2. The molecular weight excluding hydrogens is 316 g/mol. The summed E-state index contributed by atoms with van der Waals surface area (Å²) in [7, 11) is 0. The molecule has 2 aliphatic heterocycles. The van der Waals surface area contributed by atoms with Crippen LogP contribution in [0.2, 0.25) is 0 Å². The van der Waals surface area contributed by atoms with Crippen LogP contribution >= 0.6 is 0 Å². The zero-order chi connectivity index (χ0) is 17.6. The van der Waals surface area contributed by atoms with Crippen molar-refractivity contribution in [3.63, 3.8) is 0 Å². The lowest BCUT2D eigenvalue weighted by Gasteiger charge is -2.31. The molecule has 0 aromatic carbocycles. The van der Waals surface area contributed by atoms with Crippen molar-refractivity contribution < 1.29 is 9.90 Å². The zero-order valence-corrected chi connectivity index (χ0v) is 15.2. The summed E-state index contributed by atoms with van der Waals surface area (Å²) in [4.78, 5) is 21.0. The number of aromatic nitrogens is 1. The standard InChI is InChI=1S/C19H30N4O2/c1-15-4-8-22(9-5-15)18-3-2-17(12-20-18)13-21-19(25)23-10-6-16(14-24)7-11-23/h2-3,12,15-16,24H,4-11,13-14H2,1H3,(H,21,25). The maximum atomic E-state index is 12.2. The second-order valence-corrected chi connectivity index (χ2v) is 7.47. The molecule has 1 aromatic heterocycles. The van der Waals surface area contributed by atoms with Crippen LogP contribution in [0.5, 0.6) is 0 Å². The Kier molecular flexibility index (Phi) is 6.13. The van der Waals surface area contributed by atoms with E-state index in [4.69, 9.17) is 5.11 Å². The van der Waals surface area contributed by atoms with Crippen LogP contribution in [0.15, 0.2) is 18.3 Å². The molecule has 2 N–H and O–H groups in total. The molecule has 0 radical (unpaired) electrons. The first-order valence-electron chi connectivity index (χ1n) is 9.49. The molecule has 3 heterocycles. The molecule has 2 aliphatic rings. The number of hydrogen-bond donors (Lipinski definition) is 2. The number of likely N-dealkylation sites (tertiary alicyclic amines) is 1. The fourth-order valence-electron chi connectivity index (χ4n) is 3.55. The summed E-state index contributed by atoms with van der Waals surface area (Å²) in [5.74, 6) is 2.19. The van der Waals surface area contributed by atoms with Crippen LogP contribution in [-0.4, -0.2) is 53.8 Å². The third-order valence-corrected chi connectivity index (χ3v) is 5.52. The second kappa shape index (κ2) is 8.52. The maximum Gasteiger partial charge on any atom is 0.317 e. The Bertz CT molecular complexity index is 547. The van der Waals surface area contributed by atoms with Crippen LogP contribution in [0.3, 0.4) is 0 Å². The van der Waals surface area contributed by atoms with E-state index < -0.39 is 0 Å². The van der Waals surface area contributed by atoms with Crippen LogP contribution in [-0.2, 0) is 6.54 Å². The van der Waals surface area contributed by atoms with Crippen molar-refractivity contribution in [1.29, 1.82) is 0 Å². The van der Waals surface area contributed by atoms with E-state index in [1.54, 1.807) is 0 Å². The van der Waals surface area contributed by atoms with E-state index in [0.29, 0.717) is 12.5 Å². The summed E-state index contributed by atoms with van der Waals surface area (Å²) in [6, 6.07) is 4.09. The van der Waals surface area contributed by atoms with Gasteiger partial charge in [0.1, 0.15) is 5.82 Å². The van der Waals surface area contributed by atoms with E-state index in [-0.39, 0.29) is 12.6 Å². The highest BCUT2D eigenvalue weighted by atomic mass is 16.3. The van der Waals surface area contributed by atoms with Crippen molar-refractivity contribution in [1.82, 2.24) is 15.2 Å². The van der Waals surface area contributed by atoms with E-state index in [1.165, 1.54) is 12.8 Å². The van der Waals surface area contributed by atoms with Gasteiger partial charge in [-0.15, -0.1) is 0 Å². The molecule has 2 saturated heterocycles. The first-order chi connectivity index (χ1) is 12.2. The van der Waals surface area contributed by atoms with Crippen LogP contribution in [0.4, 0.5) is 10.6 Å². The number of nitrogens with one attached hydrogen (secondary N) is 1. The van der Waals surface area contributed by atoms with E-state index in [9.17, 15) is 4.79 Å². The number of aliphatic hydroxyl groups is 1. The summed E-state index contributed by atoms with van der Waals surface area (Å²) in [6.07, 6.45) is 6.09. The summed E-state index contributed by atoms with van der Waals surface area (Å²) >= 11 is 0. The Labute approximate surface area is 150 Å². The number of piperidine rings is 2. The third-order valence-electron chi connectivity index (χ3n) is 5.52. The summed E-state index contributed by atoms with van der Waals surface area (Å²) in [5, 5.41) is 12.1. The lowest BCUT2D eigenvalue weighted by Crippen LogP contribution is -2.44. The number of amides is 2. The Balaban J connectivity index is 1.45. The second-order valence-electron chi connectivity index (χ2n) is 7.47. The van der Waals surface area contributed by atoms with Gasteiger partial charge in [-0.2, -0.15) is 0 Å². The van der Waals surface area contributed by atoms with Crippen molar-refractivity contribution in [2.45, 2.75) is 39.2 Å². The van der Waals surface area contributed by atoms with Crippen molar-refractivity contribution >= 4 is 11.8 Å². The molecule has 0 aliphatic carbocycles. The Morgan fingerprint density at radius 2 is 1.92 bits per heavy atom. The Hall–Kier alpha value is -1.82.